The van der Waals surface area contributed by atoms with E-state index in [-0.39, 0.29) is 11.8 Å². The van der Waals surface area contributed by atoms with Crippen LogP contribution in [0.5, 0.6) is 0 Å². The van der Waals surface area contributed by atoms with Crippen molar-refractivity contribution in [3.63, 3.8) is 0 Å². The van der Waals surface area contributed by atoms with Gasteiger partial charge in [-0.1, -0.05) is 12.1 Å². The lowest BCUT2D eigenvalue weighted by atomic mass is 9.80. The summed E-state index contributed by atoms with van der Waals surface area (Å²) in [7, 11) is 1.63. The van der Waals surface area contributed by atoms with Crippen LogP contribution in [-0.4, -0.2) is 42.0 Å². The fourth-order valence-electron chi connectivity index (χ4n) is 2.99. The maximum Gasteiger partial charge on any atom is 0.259 e. The average molecular weight is 293 g/mol. The molecule has 0 unspecified atom stereocenters. The van der Waals surface area contributed by atoms with Crippen LogP contribution in [0.25, 0.3) is 0 Å². The van der Waals surface area contributed by atoms with Crippen molar-refractivity contribution in [2.75, 3.05) is 20.1 Å². The minimum absolute atomic E-state index is 0.0160. The Morgan fingerprint density at radius 2 is 2.19 bits per heavy atom. The molecule has 1 atom stereocenters. The molecule has 2 rings (SSSR count). The van der Waals surface area contributed by atoms with Gasteiger partial charge in [0.2, 0.25) is 5.91 Å². The summed E-state index contributed by atoms with van der Waals surface area (Å²) in [6.07, 6.45) is 2.26. The van der Waals surface area contributed by atoms with E-state index in [2.05, 4.69) is 10.5 Å². The fourth-order valence-corrected chi connectivity index (χ4v) is 2.99. The summed E-state index contributed by atoms with van der Waals surface area (Å²) in [5, 5.41) is 6.63. The predicted molar refractivity (Wildman–Crippen MR) is 77.9 cm³/mol. The molecule has 0 saturated carbocycles. The summed E-state index contributed by atoms with van der Waals surface area (Å²) in [5.74, 6) is 0.447. The Labute approximate surface area is 124 Å². The van der Waals surface area contributed by atoms with Gasteiger partial charge in [0, 0.05) is 20.1 Å². The van der Waals surface area contributed by atoms with E-state index in [1.54, 1.807) is 18.9 Å². The predicted octanol–water partition coefficient (Wildman–Crippen LogP) is 1.53. The lowest BCUT2D eigenvalue weighted by molar-refractivity contribution is -0.132. The average Bonchev–Trinajstić information content (AvgIpc) is 2.86. The molecule has 6 heteroatoms. The van der Waals surface area contributed by atoms with E-state index in [0.29, 0.717) is 36.5 Å². The smallest absolute Gasteiger partial charge is 0.259 e. The first-order valence-corrected chi connectivity index (χ1v) is 7.39. The van der Waals surface area contributed by atoms with Crippen LogP contribution in [0.3, 0.4) is 0 Å². The lowest BCUT2D eigenvalue weighted by Crippen LogP contribution is -2.51. The number of hydrogen-bond acceptors (Lipinski definition) is 4. The first kappa shape index (κ1) is 15.5. The van der Waals surface area contributed by atoms with E-state index in [4.69, 9.17) is 4.52 Å². The maximum absolute atomic E-state index is 12.8. The van der Waals surface area contributed by atoms with E-state index in [9.17, 15) is 9.59 Å². The highest BCUT2D eigenvalue weighted by molar-refractivity contribution is 5.96. The molecule has 0 spiro atoms. The number of amides is 2. The van der Waals surface area contributed by atoms with Gasteiger partial charge in [-0.2, -0.15) is 0 Å². The molecule has 0 radical (unpaired) electrons. The van der Waals surface area contributed by atoms with Crippen molar-refractivity contribution in [3.05, 3.63) is 17.0 Å². The van der Waals surface area contributed by atoms with Crippen LogP contribution in [-0.2, 0) is 11.2 Å². The highest BCUT2D eigenvalue weighted by atomic mass is 16.5. The van der Waals surface area contributed by atoms with Gasteiger partial charge in [-0.3, -0.25) is 9.59 Å². The molecule has 0 aliphatic carbocycles. The molecule has 1 aliphatic heterocycles. The van der Waals surface area contributed by atoms with Crippen molar-refractivity contribution in [1.29, 1.82) is 0 Å². The summed E-state index contributed by atoms with van der Waals surface area (Å²) in [6, 6.07) is 0. The summed E-state index contributed by atoms with van der Waals surface area (Å²) in [5.41, 5.74) is 0.712. The fraction of sp³-hybridized carbons (Fsp3) is 0.667. The zero-order chi connectivity index (χ0) is 15.6. The molecule has 1 aromatic rings. The molecule has 2 amide bonds. The van der Waals surface area contributed by atoms with E-state index < -0.39 is 5.41 Å². The van der Waals surface area contributed by atoms with Crippen LogP contribution in [0.4, 0.5) is 0 Å². The number of aryl methyl sites for hydroxylation is 2. The molecule has 116 valence electrons. The van der Waals surface area contributed by atoms with Crippen LogP contribution in [0.15, 0.2) is 4.52 Å². The zero-order valence-corrected chi connectivity index (χ0v) is 13.2. The molecule has 0 bridgehead atoms. The quantitative estimate of drug-likeness (QED) is 0.917. The molecule has 0 aromatic carbocycles. The number of piperidine rings is 1. The van der Waals surface area contributed by atoms with Gasteiger partial charge in [0.1, 0.15) is 11.3 Å². The van der Waals surface area contributed by atoms with Gasteiger partial charge in [-0.25, -0.2) is 0 Å². The van der Waals surface area contributed by atoms with E-state index >= 15 is 0 Å². The largest absolute Gasteiger partial charge is 0.361 e. The second-order valence-electron chi connectivity index (χ2n) is 5.88. The maximum atomic E-state index is 12.8. The first-order chi connectivity index (χ1) is 9.92. The Morgan fingerprint density at radius 1 is 1.48 bits per heavy atom. The second-order valence-corrected chi connectivity index (χ2v) is 5.88. The van der Waals surface area contributed by atoms with Crippen LogP contribution in [0, 0.1) is 12.3 Å². The Kier molecular flexibility index (Phi) is 4.34. The number of nitrogens with one attached hydrogen (secondary N) is 1. The molecule has 1 aromatic heterocycles. The Balaban J connectivity index is 2.23. The van der Waals surface area contributed by atoms with Gasteiger partial charge < -0.3 is 14.7 Å². The molecule has 1 fully saturated rings. The lowest BCUT2D eigenvalue weighted by Gasteiger charge is -2.39. The van der Waals surface area contributed by atoms with Gasteiger partial charge in [0.25, 0.3) is 5.91 Å². The molecular formula is C15H23N3O3. The highest BCUT2D eigenvalue weighted by Crippen LogP contribution is 2.31. The highest BCUT2D eigenvalue weighted by Gasteiger charge is 2.39. The third kappa shape index (κ3) is 2.80. The van der Waals surface area contributed by atoms with Crippen LogP contribution in [0.2, 0.25) is 0 Å². The standard InChI is InChI=1S/C15H23N3O3/c1-5-11-12(10(2)21-17-11)13(19)18-8-6-7-15(3,9-18)14(20)16-4/h5-9H2,1-4H3,(H,16,20)/t15-/m0/s1. The second kappa shape index (κ2) is 5.87. The summed E-state index contributed by atoms with van der Waals surface area (Å²) in [4.78, 5) is 26.6. The van der Waals surface area contributed by atoms with Crippen molar-refractivity contribution < 1.29 is 14.1 Å². The van der Waals surface area contributed by atoms with Gasteiger partial charge in [-0.15, -0.1) is 0 Å². The summed E-state index contributed by atoms with van der Waals surface area (Å²) >= 11 is 0. The molecule has 1 saturated heterocycles. The van der Waals surface area contributed by atoms with Crippen molar-refractivity contribution in [2.45, 2.75) is 40.0 Å². The first-order valence-electron chi connectivity index (χ1n) is 7.39. The van der Waals surface area contributed by atoms with Crippen LogP contribution < -0.4 is 5.32 Å². The Bertz CT molecular complexity index is 552. The normalized spacial score (nSPS) is 22.2. The third-order valence-corrected chi connectivity index (χ3v) is 4.24. The van der Waals surface area contributed by atoms with Crippen molar-refractivity contribution in [1.82, 2.24) is 15.4 Å². The molecule has 1 N–H and O–H groups in total. The van der Waals surface area contributed by atoms with E-state index in [1.807, 2.05) is 13.8 Å². The third-order valence-electron chi connectivity index (χ3n) is 4.24. The van der Waals surface area contributed by atoms with Gasteiger partial charge in [0.05, 0.1) is 11.1 Å². The molecule has 2 heterocycles. The minimum atomic E-state index is -0.528. The van der Waals surface area contributed by atoms with Crippen molar-refractivity contribution >= 4 is 11.8 Å². The summed E-state index contributed by atoms with van der Waals surface area (Å²) in [6.45, 7) is 6.70. The number of nitrogens with zero attached hydrogens (tertiary/aromatic N) is 2. The van der Waals surface area contributed by atoms with Crippen molar-refractivity contribution in [2.24, 2.45) is 5.41 Å². The minimum Gasteiger partial charge on any atom is -0.361 e. The van der Waals surface area contributed by atoms with Gasteiger partial charge >= 0.3 is 0 Å². The zero-order valence-electron chi connectivity index (χ0n) is 13.2. The number of likely N-dealkylation sites (tertiary alicyclic amines) is 1. The Hall–Kier alpha value is -1.85. The number of carbonyl (C=O) groups excluding carboxylic acids is 2. The number of carbonyl (C=O) groups is 2. The Morgan fingerprint density at radius 3 is 2.81 bits per heavy atom. The molecular weight excluding hydrogens is 270 g/mol. The monoisotopic (exact) mass is 293 g/mol. The van der Waals surface area contributed by atoms with E-state index in [1.165, 1.54) is 0 Å². The van der Waals surface area contributed by atoms with Gasteiger partial charge in [-0.05, 0) is 33.1 Å². The van der Waals surface area contributed by atoms with E-state index in [0.717, 1.165) is 12.8 Å². The van der Waals surface area contributed by atoms with Crippen LogP contribution in [0.1, 0.15) is 48.5 Å². The molecule has 1 aliphatic rings. The summed E-state index contributed by atoms with van der Waals surface area (Å²) < 4.78 is 5.14. The SMILES string of the molecule is CCc1noc(C)c1C(=O)N1CCC[C@](C)(C(=O)NC)C1. The number of aromatic nitrogens is 1. The van der Waals surface area contributed by atoms with Crippen LogP contribution >= 0.6 is 0 Å². The molecule has 6 nitrogen and oxygen atoms in total. The number of rotatable bonds is 3. The van der Waals surface area contributed by atoms with Gasteiger partial charge in [0.15, 0.2) is 0 Å². The topological polar surface area (TPSA) is 75.4 Å². The number of hydrogen-bond donors (Lipinski definition) is 1. The van der Waals surface area contributed by atoms with Crippen molar-refractivity contribution in [3.8, 4) is 0 Å². The molecule has 21 heavy (non-hydrogen) atoms.